The van der Waals surface area contributed by atoms with Gasteiger partial charge in [-0.1, -0.05) is 37.3 Å². The van der Waals surface area contributed by atoms with Crippen molar-refractivity contribution in [2.24, 2.45) is 11.7 Å². The van der Waals surface area contributed by atoms with Gasteiger partial charge < -0.3 is 10.6 Å². The van der Waals surface area contributed by atoms with Gasteiger partial charge >= 0.3 is 0 Å². The summed E-state index contributed by atoms with van der Waals surface area (Å²) in [6.07, 6.45) is 2.15. The average Bonchev–Trinajstić information content (AvgIpc) is 2.87. The molecular weight excluding hydrogens is 248 g/mol. The summed E-state index contributed by atoms with van der Waals surface area (Å²) in [5.41, 5.74) is 6.82. The van der Waals surface area contributed by atoms with Crippen molar-refractivity contribution < 1.29 is 4.79 Å². The van der Waals surface area contributed by atoms with E-state index in [-0.39, 0.29) is 30.3 Å². The molecule has 0 bridgehead atoms. The van der Waals surface area contributed by atoms with Crippen molar-refractivity contribution in [2.45, 2.75) is 25.8 Å². The molecule has 0 radical (unpaired) electrons. The second-order valence-corrected chi connectivity index (χ2v) is 4.74. The second-order valence-electron chi connectivity index (χ2n) is 4.74. The van der Waals surface area contributed by atoms with Gasteiger partial charge in [-0.2, -0.15) is 0 Å². The van der Waals surface area contributed by atoms with Crippen LogP contribution in [0.25, 0.3) is 0 Å². The molecule has 1 aliphatic rings. The van der Waals surface area contributed by atoms with Crippen LogP contribution in [0.4, 0.5) is 0 Å². The maximum absolute atomic E-state index is 12.2. The lowest BCUT2D eigenvalue weighted by Crippen LogP contribution is -2.37. The number of carbonyl (C=O) groups excluding carboxylic acids is 1. The summed E-state index contributed by atoms with van der Waals surface area (Å²) in [5.74, 6) is 0.123. The average molecular weight is 269 g/mol. The van der Waals surface area contributed by atoms with Crippen LogP contribution < -0.4 is 5.73 Å². The molecule has 1 aliphatic heterocycles. The number of amides is 1. The molecule has 1 aromatic carbocycles. The minimum absolute atomic E-state index is 0. The highest BCUT2D eigenvalue weighted by Crippen LogP contribution is 2.32. The molecule has 0 spiro atoms. The van der Waals surface area contributed by atoms with Crippen LogP contribution in [0.1, 0.15) is 31.4 Å². The Labute approximate surface area is 115 Å². The summed E-state index contributed by atoms with van der Waals surface area (Å²) < 4.78 is 0. The molecule has 1 saturated heterocycles. The standard InChI is InChI=1S/C14H20N2O.ClH/c1-11(10-15)14(17)16-9-5-8-13(16)12-6-3-2-4-7-12;/h2-4,6-7,11,13H,5,8-10,15H2,1H3;1H. The number of hydrogen-bond acceptors (Lipinski definition) is 2. The van der Waals surface area contributed by atoms with E-state index in [2.05, 4.69) is 12.1 Å². The van der Waals surface area contributed by atoms with E-state index in [1.165, 1.54) is 5.56 Å². The molecule has 1 aromatic rings. The van der Waals surface area contributed by atoms with Crippen molar-refractivity contribution in [1.82, 2.24) is 4.90 Å². The molecule has 0 saturated carbocycles. The number of nitrogens with zero attached hydrogens (tertiary/aromatic N) is 1. The van der Waals surface area contributed by atoms with E-state index >= 15 is 0 Å². The first kappa shape index (κ1) is 15.0. The maximum Gasteiger partial charge on any atom is 0.227 e. The molecule has 1 heterocycles. The van der Waals surface area contributed by atoms with E-state index in [4.69, 9.17) is 5.73 Å². The van der Waals surface area contributed by atoms with E-state index in [0.717, 1.165) is 19.4 Å². The third-order valence-corrected chi connectivity index (χ3v) is 3.50. The van der Waals surface area contributed by atoms with Crippen LogP contribution in [-0.2, 0) is 4.79 Å². The van der Waals surface area contributed by atoms with Crippen LogP contribution in [-0.4, -0.2) is 23.9 Å². The zero-order chi connectivity index (χ0) is 12.3. The Morgan fingerprint density at radius 2 is 2.11 bits per heavy atom. The number of carbonyl (C=O) groups is 1. The summed E-state index contributed by atoms with van der Waals surface area (Å²) in [6.45, 7) is 3.20. The van der Waals surface area contributed by atoms with Crippen molar-refractivity contribution in [3.05, 3.63) is 35.9 Å². The highest BCUT2D eigenvalue weighted by molar-refractivity contribution is 5.85. The van der Waals surface area contributed by atoms with Crippen LogP contribution >= 0.6 is 12.4 Å². The van der Waals surface area contributed by atoms with Crippen molar-refractivity contribution in [1.29, 1.82) is 0 Å². The largest absolute Gasteiger partial charge is 0.335 e. The topological polar surface area (TPSA) is 46.3 Å². The molecule has 18 heavy (non-hydrogen) atoms. The van der Waals surface area contributed by atoms with Gasteiger partial charge in [0.05, 0.1) is 6.04 Å². The minimum Gasteiger partial charge on any atom is -0.335 e. The van der Waals surface area contributed by atoms with Crippen LogP contribution in [0, 0.1) is 5.92 Å². The molecule has 2 rings (SSSR count). The number of benzene rings is 1. The van der Waals surface area contributed by atoms with Crippen molar-refractivity contribution in [3.8, 4) is 0 Å². The molecular formula is C14H21ClN2O. The van der Waals surface area contributed by atoms with Gasteiger partial charge in [-0.25, -0.2) is 0 Å². The Balaban J connectivity index is 0.00000162. The van der Waals surface area contributed by atoms with Crippen molar-refractivity contribution in [3.63, 3.8) is 0 Å². The molecule has 2 atom stereocenters. The van der Waals surface area contributed by atoms with E-state index in [9.17, 15) is 4.79 Å². The molecule has 2 N–H and O–H groups in total. The van der Waals surface area contributed by atoms with E-state index in [0.29, 0.717) is 6.54 Å². The summed E-state index contributed by atoms with van der Waals surface area (Å²) >= 11 is 0. The second kappa shape index (κ2) is 6.76. The SMILES string of the molecule is CC(CN)C(=O)N1CCCC1c1ccccc1.Cl. The smallest absolute Gasteiger partial charge is 0.227 e. The first-order valence-corrected chi connectivity index (χ1v) is 6.29. The number of halogens is 1. The van der Waals surface area contributed by atoms with Gasteiger partial charge in [0.1, 0.15) is 0 Å². The fraction of sp³-hybridized carbons (Fsp3) is 0.500. The summed E-state index contributed by atoms with van der Waals surface area (Å²) in [7, 11) is 0. The fourth-order valence-corrected chi connectivity index (χ4v) is 2.44. The van der Waals surface area contributed by atoms with Gasteiger partial charge in [0.15, 0.2) is 0 Å². The third kappa shape index (κ3) is 3.03. The highest BCUT2D eigenvalue weighted by atomic mass is 35.5. The molecule has 1 fully saturated rings. The van der Waals surface area contributed by atoms with Crippen LogP contribution in [0.2, 0.25) is 0 Å². The van der Waals surface area contributed by atoms with Crippen molar-refractivity contribution >= 4 is 18.3 Å². The van der Waals surface area contributed by atoms with Gasteiger partial charge in [-0.3, -0.25) is 4.79 Å². The number of rotatable bonds is 3. The predicted octanol–water partition coefficient (Wildman–Crippen LogP) is 2.37. The molecule has 0 aliphatic carbocycles. The summed E-state index contributed by atoms with van der Waals surface area (Å²) in [4.78, 5) is 14.2. The zero-order valence-electron chi connectivity index (χ0n) is 10.7. The number of nitrogens with two attached hydrogens (primary N) is 1. The lowest BCUT2D eigenvalue weighted by molar-refractivity contribution is -0.135. The van der Waals surface area contributed by atoms with Crippen LogP contribution in [0.15, 0.2) is 30.3 Å². The Morgan fingerprint density at radius 3 is 2.72 bits per heavy atom. The third-order valence-electron chi connectivity index (χ3n) is 3.50. The van der Waals surface area contributed by atoms with E-state index < -0.39 is 0 Å². The molecule has 1 amide bonds. The Kier molecular flexibility index (Phi) is 5.63. The van der Waals surface area contributed by atoms with Crippen LogP contribution in [0.3, 0.4) is 0 Å². The first-order chi connectivity index (χ1) is 8.24. The summed E-state index contributed by atoms with van der Waals surface area (Å²) in [6, 6.07) is 10.5. The summed E-state index contributed by atoms with van der Waals surface area (Å²) in [5, 5.41) is 0. The van der Waals surface area contributed by atoms with E-state index in [1.807, 2.05) is 30.0 Å². The zero-order valence-corrected chi connectivity index (χ0v) is 11.5. The molecule has 2 unspecified atom stereocenters. The monoisotopic (exact) mass is 268 g/mol. The van der Waals surface area contributed by atoms with Gasteiger partial charge in [0.2, 0.25) is 5.91 Å². The number of likely N-dealkylation sites (tertiary alicyclic amines) is 1. The Bertz CT molecular complexity index is 383. The van der Waals surface area contributed by atoms with Crippen molar-refractivity contribution in [2.75, 3.05) is 13.1 Å². The normalized spacial score (nSPS) is 20.3. The van der Waals surface area contributed by atoms with Crippen LogP contribution in [0.5, 0.6) is 0 Å². The maximum atomic E-state index is 12.2. The Hall–Kier alpha value is -1.06. The van der Waals surface area contributed by atoms with Gasteiger partial charge in [-0.15, -0.1) is 12.4 Å². The molecule has 3 nitrogen and oxygen atoms in total. The molecule has 100 valence electrons. The Morgan fingerprint density at radius 1 is 1.44 bits per heavy atom. The fourth-order valence-electron chi connectivity index (χ4n) is 2.44. The van der Waals surface area contributed by atoms with Gasteiger partial charge in [-0.05, 0) is 18.4 Å². The minimum atomic E-state index is -0.0701. The highest BCUT2D eigenvalue weighted by Gasteiger charge is 2.31. The van der Waals surface area contributed by atoms with Gasteiger partial charge in [0.25, 0.3) is 0 Å². The lowest BCUT2D eigenvalue weighted by Gasteiger charge is -2.27. The quantitative estimate of drug-likeness (QED) is 0.915. The predicted molar refractivity (Wildman–Crippen MR) is 75.6 cm³/mol. The number of hydrogen-bond donors (Lipinski definition) is 1. The molecule has 4 heteroatoms. The lowest BCUT2D eigenvalue weighted by atomic mass is 10.0. The van der Waals surface area contributed by atoms with Gasteiger partial charge in [0, 0.05) is 19.0 Å². The molecule has 0 aromatic heterocycles. The van der Waals surface area contributed by atoms with E-state index in [1.54, 1.807) is 0 Å². The first-order valence-electron chi connectivity index (χ1n) is 6.29.